The molecule has 0 aromatic heterocycles. The second-order valence-corrected chi connectivity index (χ2v) is 6.17. The Morgan fingerprint density at radius 3 is 2.88 bits per heavy atom. The van der Waals surface area contributed by atoms with Gasteiger partial charge in [-0.25, -0.2) is 0 Å². The maximum Gasteiger partial charge on any atom is 0.0670 e. The lowest BCUT2D eigenvalue weighted by atomic mass is 9.69. The number of ether oxygens (including phenoxy) is 1. The van der Waals surface area contributed by atoms with Gasteiger partial charge in [0.15, 0.2) is 0 Å². The van der Waals surface area contributed by atoms with Gasteiger partial charge in [0.1, 0.15) is 0 Å². The summed E-state index contributed by atoms with van der Waals surface area (Å²) in [5.74, 6) is 1.75. The van der Waals surface area contributed by atoms with Gasteiger partial charge in [-0.05, 0) is 56.3 Å². The predicted molar refractivity (Wildman–Crippen MR) is 72.9 cm³/mol. The minimum absolute atomic E-state index is 0.423. The average molecular weight is 234 g/mol. The Bertz CT molecular complexity index is 328. The van der Waals surface area contributed by atoms with Crippen LogP contribution in [0.3, 0.4) is 0 Å². The molecular weight excluding hydrogens is 208 g/mol. The van der Waals surface area contributed by atoms with Crippen LogP contribution in [0.5, 0.6) is 0 Å². The molecule has 2 aliphatic rings. The summed E-state index contributed by atoms with van der Waals surface area (Å²) in [5.41, 5.74) is 3.32. The maximum atomic E-state index is 5.14. The third kappa shape index (κ3) is 2.35. The minimum atomic E-state index is 0.423. The van der Waals surface area contributed by atoms with Crippen molar-refractivity contribution in [1.82, 2.24) is 0 Å². The van der Waals surface area contributed by atoms with Crippen LogP contribution in [0.4, 0.5) is 0 Å². The molecule has 0 radical (unpaired) electrons. The molecule has 0 aromatic carbocycles. The second kappa shape index (κ2) is 4.97. The summed E-state index contributed by atoms with van der Waals surface area (Å²) in [4.78, 5) is 0. The molecule has 96 valence electrons. The van der Waals surface area contributed by atoms with E-state index in [9.17, 15) is 0 Å². The largest absolute Gasteiger partial charge is 0.380 e. The quantitative estimate of drug-likeness (QED) is 0.642. The van der Waals surface area contributed by atoms with Gasteiger partial charge >= 0.3 is 0 Å². The highest BCUT2D eigenvalue weighted by Gasteiger charge is 2.49. The number of rotatable bonds is 5. The lowest BCUT2D eigenvalue weighted by Crippen LogP contribution is -2.26. The Morgan fingerprint density at radius 2 is 2.29 bits per heavy atom. The third-order valence-corrected chi connectivity index (χ3v) is 5.09. The van der Waals surface area contributed by atoms with Crippen molar-refractivity contribution < 1.29 is 4.74 Å². The van der Waals surface area contributed by atoms with Crippen molar-refractivity contribution in [3.05, 3.63) is 23.8 Å². The molecule has 17 heavy (non-hydrogen) atoms. The molecule has 2 fully saturated rings. The number of fused-ring (bicyclic) bond motifs is 2. The first-order valence-electron chi connectivity index (χ1n) is 6.91. The highest BCUT2D eigenvalue weighted by atomic mass is 16.5. The zero-order chi connectivity index (χ0) is 12.5. The molecule has 2 rings (SSSR count). The van der Waals surface area contributed by atoms with E-state index in [4.69, 9.17) is 4.74 Å². The second-order valence-electron chi connectivity index (χ2n) is 6.17. The monoisotopic (exact) mass is 234 g/mol. The fourth-order valence-electron chi connectivity index (χ4n) is 3.87. The highest BCUT2D eigenvalue weighted by molar-refractivity contribution is 5.24. The van der Waals surface area contributed by atoms with Crippen LogP contribution in [0.1, 0.15) is 46.0 Å². The molecule has 0 amide bonds. The van der Waals surface area contributed by atoms with Crippen LogP contribution in [0.15, 0.2) is 23.8 Å². The van der Waals surface area contributed by atoms with Gasteiger partial charge < -0.3 is 4.74 Å². The van der Waals surface area contributed by atoms with Gasteiger partial charge in [-0.3, -0.25) is 0 Å². The number of allylic oxidation sites excluding steroid dienone is 2. The van der Waals surface area contributed by atoms with Gasteiger partial charge in [-0.15, -0.1) is 0 Å². The van der Waals surface area contributed by atoms with Crippen molar-refractivity contribution in [3.8, 4) is 0 Å². The molecule has 0 aromatic rings. The van der Waals surface area contributed by atoms with E-state index in [1.54, 1.807) is 12.7 Å². The van der Waals surface area contributed by atoms with Gasteiger partial charge in [0.2, 0.25) is 0 Å². The molecule has 3 atom stereocenters. The Kier molecular flexibility index (Phi) is 3.77. The normalized spacial score (nSPS) is 36.9. The van der Waals surface area contributed by atoms with Crippen LogP contribution in [0.2, 0.25) is 0 Å². The molecule has 1 nitrogen and oxygen atoms in total. The molecule has 1 heteroatoms. The van der Waals surface area contributed by atoms with Crippen LogP contribution in [-0.4, -0.2) is 13.7 Å². The van der Waals surface area contributed by atoms with Crippen LogP contribution in [0.25, 0.3) is 0 Å². The number of hydrogen-bond acceptors (Lipinski definition) is 1. The van der Waals surface area contributed by atoms with E-state index in [1.165, 1.54) is 37.7 Å². The Hall–Kier alpha value is -0.560. The van der Waals surface area contributed by atoms with Crippen LogP contribution in [0, 0.1) is 17.3 Å². The summed E-state index contributed by atoms with van der Waals surface area (Å²) in [5, 5.41) is 0. The fourth-order valence-corrected chi connectivity index (χ4v) is 3.87. The molecule has 2 saturated carbocycles. The smallest absolute Gasteiger partial charge is 0.0670 e. The van der Waals surface area contributed by atoms with Crippen molar-refractivity contribution >= 4 is 0 Å². The van der Waals surface area contributed by atoms with Crippen molar-refractivity contribution in [3.63, 3.8) is 0 Å². The van der Waals surface area contributed by atoms with E-state index in [0.29, 0.717) is 5.41 Å². The lowest BCUT2D eigenvalue weighted by Gasteiger charge is -2.36. The Balaban J connectivity index is 1.91. The molecule has 0 heterocycles. The molecule has 2 unspecified atom stereocenters. The van der Waals surface area contributed by atoms with Gasteiger partial charge in [0.25, 0.3) is 0 Å². The molecular formula is C16H26O. The number of methoxy groups -OCH3 is 1. The molecule has 2 aliphatic carbocycles. The Morgan fingerprint density at radius 1 is 1.53 bits per heavy atom. The summed E-state index contributed by atoms with van der Waals surface area (Å²) in [6.45, 7) is 9.74. The molecule has 0 N–H and O–H groups in total. The standard InChI is InChI=1S/C16H26O/c1-12(11-17-4)6-5-9-16(3)13(2)14-7-8-15(16)10-14/h6,14-15H,2,5,7-11H2,1,3-4H3/b12-6-/t14?,15?,16-/m0/s1. The lowest BCUT2D eigenvalue weighted by molar-refractivity contribution is 0.224. The first-order valence-corrected chi connectivity index (χ1v) is 6.91. The zero-order valence-electron chi connectivity index (χ0n) is 11.6. The summed E-state index contributed by atoms with van der Waals surface area (Å²) in [6.07, 6.45) is 9.03. The summed E-state index contributed by atoms with van der Waals surface area (Å²) < 4.78 is 5.14. The highest BCUT2D eigenvalue weighted by Crippen LogP contribution is 2.60. The third-order valence-electron chi connectivity index (χ3n) is 5.09. The zero-order valence-corrected chi connectivity index (χ0v) is 11.6. The van der Waals surface area contributed by atoms with E-state index in [0.717, 1.165) is 18.4 Å². The molecule has 0 aliphatic heterocycles. The maximum absolute atomic E-state index is 5.14. The van der Waals surface area contributed by atoms with Gasteiger partial charge in [-0.2, -0.15) is 0 Å². The fraction of sp³-hybridized carbons (Fsp3) is 0.750. The van der Waals surface area contributed by atoms with Crippen LogP contribution < -0.4 is 0 Å². The van der Waals surface area contributed by atoms with E-state index >= 15 is 0 Å². The topological polar surface area (TPSA) is 9.23 Å². The van der Waals surface area contributed by atoms with Crippen molar-refractivity contribution in [1.29, 1.82) is 0 Å². The van der Waals surface area contributed by atoms with Crippen molar-refractivity contribution in [2.45, 2.75) is 46.0 Å². The van der Waals surface area contributed by atoms with Gasteiger partial charge in [-0.1, -0.05) is 30.7 Å². The average Bonchev–Trinajstić information content (AvgIpc) is 2.84. The van der Waals surface area contributed by atoms with E-state index in [1.807, 2.05) is 0 Å². The van der Waals surface area contributed by atoms with Crippen molar-refractivity contribution in [2.75, 3.05) is 13.7 Å². The van der Waals surface area contributed by atoms with Crippen LogP contribution in [-0.2, 0) is 4.74 Å². The summed E-state index contributed by atoms with van der Waals surface area (Å²) >= 11 is 0. The van der Waals surface area contributed by atoms with E-state index in [-0.39, 0.29) is 0 Å². The SMILES string of the molecule is C=C1C2CCC(C2)[C@@]1(C)CC/C=C(/C)COC. The Labute approximate surface area is 106 Å². The predicted octanol–water partition coefficient (Wildman–Crippen LogP) is 4.35. The van der Waals surface area contributed by atoms with Gasteiger partial charge in [0.05, 0.1) is 6.61 Å². The number of hydrogen-bond donors (Lipinski definition) is 0. The molecule has 2 bridgehead atoms. The summed E-state index contributed by atoms with van der Waals surface area (Å²) in [7, 11) is 1.76. The molecule has 0 spiro atoms. The first-order chi connectivity index (χ1) is 8.08. The van der Waals surface area contributed by atoms with Crippen molar-refractivity contribution in [2.24, 2.45) is 17.3 Å². The van der Waals surface area contributed by atoms with Crippen LogP contribution >= 0.6 is 0 Å². The van der Waals surface area contributed by atoms with E-state index in [2.05, 4.69) is 26.5 Å². The van der Waals surface area contributed by atoms with E-state index < -0.39 is 0 Å². The first kappa shape index (κ1) is 12.9. The minimum Gasteiger partial charge on any atom is -0.380 e. The molecule has 0 saturated heterocycles. The summed E-state index contributed by atoms with van der Waals surface area (Å²) in [6, 6.07) is 0. The van der Waals surface area contributed by atoms with Gasteiger partial charge in [0, 0.05) is 7.11 Å².